The third kappa shape index (κ3) is 4.27. The van der Waals surface area contributed by atoms with Crippen LogP contribution in [0.1, 0.15) is 11.4 Å². The molecule has 4 rings (SSSR count). The average Bonchev–Trinajstić information content (AvgIpc) is 3.37. The summed E-state index contributed by atoms with van der Waals surface area (Å²) in [6.07, 6.45) is 3.57. The van der Waals surface area contributed by atoms with Gasteiger partial charge in [-0.1, -0.05) is 35.5 Å². The van der Waals surface area contributed by atoms with E-state index in [4.69, 9.17) is 9.26 Å². The number of hydrogen-bond acceptors (Lipinski definition) is 7. The first-order valence-corrected chi connectivity index (χ1v) is 9.17. The lowest BCUT2D eigenvalue weighted by atomic mass is 10.2. The highest BCUT2D eigenvalue weighted by Gasteiger charge is 2.12. The first-order chi connectivity index (χ1) is 13.3. The molecule has 3 aromatic heterocycles. The van der Waals surface area contributed by atoms with Crippen molar-refractivity contribution in [2.75, 3.05) is 0 Å². The number of esters is 1. The number of aromatic nitrogens is 3. The molecule has 7 heteroatoms. The molecule has 3 heterocycles. The Morgan fingerprint density at radius 3 is 2.74 bits per heavy atom. The maximum Gasteiger partial charge on any atom is 0.312 e. The van der Waals surface area contributed by atoms with Crippen LogP contribution < -0.4 is 0 Å². The lowest BCUT2D eigenvalue weighted by Gasteiger charge is -2.00. The first kappa shape index (κ1) is 17.1. The van der Waals surface area contributed by atoms with Crippen molar-refractivity contribution < 1.29 is 14.1 Å². The van der Waals surface area contributed by atoms with Gasteiger partial charge >= 0.3 is 5.97 Å². The molecule has 0 spiro atoms. The molecule has 0 saturated carbocycles. The highest BCUT2D eigenvalue weighted by atomic mass is 32.1. The summed E-state index contributed by atoms with van der Waals surface area (Å²) in [5.41, 5.74) is 3.09. The molecule has 4 aromatic rings. The molecule has 0 aliphatic rings. The lowest BCUT2D eigenvalue weighted by molar-refractivity contribution is -0.144. The van der Waals surface area contributed by atoms with E-state index >= 15 is 0 Å². The van der Waals surface area contributed by atoms with E-state index in [0.717, 1.165) is 16.1 Å². The zero-order valence-corrected chi connectivity index (χ0v) is 15.1. The maximum atomic E-state index is 12.1. The van der Waals surface area contributed by atoms with E-state index in [1.54, 1.807) is 18.5 Å². The van der Waals surface area contributed by atoms with Crippen LogP contribution in [0.15, 0.2) is 70.8 Å². The Kier molecular flexibility index (Phi) is 5.02. The number of pyridine rings is 1. The summed E-state index contributed by atoms with van der Waals surface area (Å²) >= 11 is 1.47. The Balaban J connectivity index is 1.33. The minimum Gasteiger partial charge on any atom is -0.459 e. The van der Waals surface area contributed by atoms with Crippen molar-refractivity contribution in [1.29, 1.82) is 0 Å². The standard InChI is InChI=1S/C20H15N3O3S/c24-19(10-17-13-27-20(22-17)15-7-4-8-21-11-15)25-12-16-9-18(26-23-16)14-5-2-1-3-6-14/h1-9,11,13H,10,12H2. The Hall–Kier alpha value is -3.32. The molecule has 0 fully saturated rings. The molecule has 27 heavy (non-hydrogen) atoms. The second-order valence-corrected chi connectivity index (χ2v) is 6.63. The molecule has 134 valence electrons. The lowest BCUT2D eigenvalue weighted by Crippen LogP contribution is -2.08. The third-order valence-corrected chi connectivity index (χ3v) is 4.72. The Morgan fingerprint density at radius 2 is 1.93 bits per heavy atom. The van der Waals surface area contributed by atoms with E-state index < -0.39 is 0 Å². The number of hydrogen-bond donors (Lipinski definition) is 0. The molecule has 0 amide bonds. The number of carbonyl (C=O) groups is 1. The molecule has 0 aliphatic heterocycles. The number of nitrogens with zero attached hydrogens (tertiary/aromatic N) is 3. The fourth-order valence-corrected chi connectivity index (χ4v) is 3.29. The normalized spacial score (nSPS) is 10.7. The monoisotopic (exact) mass is 377 g/mol. The summed E-state index contributed by atoms with van der Waals surface area (Å²) in [6, 6.07) is 15.2. The largest absolute Gasteiger partial charge is 0.459 e. The maximum absolute atomic E-state index is 12.1. The average molecular weight is 377 g/mol. The molecule has 0 unspecified atom stereocenters. The summed E-state index contributed by atoms with van der Waals surface area (Å²) in [5.74, 6) is 0.282. The molecule has 0 atom stereocenters. The van der Waals surface area contributed by atoms with Gasteiger partial charge in [-0.25, -0.2) is 4.98 Å². The molecule has 0 radical (unpaired) electrons. The van der Waals surface area contributed by atoms with Crippen molar-refractivity contribution in [3.05, 3.63) is 77.7 Å². The van der Waals surface area contributed by atoms with Gasteiger partial charge in [-0.05, 0) is 12.1 Å². The summed E-state index contributed by atoms with van der Waals surface area (Å²) in [5, 5.41) is 6.63. The van der Waals surface area contributed by atoms with E-state index in [2.05, 4.69) is 15.1 Å². The Labute approximate surface area is 159 Å². The molecular weight excluding hydrogens is 362 g/mol. The van der Waals surface area contributed by atoms with Gasteiger partial charge in [-0.3, -0.25) is 9.78 Å². The second-order valence-electron chi connectivity index (χ2n) is 5.77. The van der Waals surface area contributed by atoms with Gasteiger partial charge in [0, 0.05) is 35.0 Å². The quantitative estimate of drug-likeness (QED) is 0.470. The number of benzene rings is 1. The smallest absolute Gasteiger partial charge is 0.312 e. The number of thiazole rings is 1. The van der Waals surface area contributed by atoms with Gasteiger partial charge < -0.3 is 9.26 Å². The van der Waals surface area contributed by atoms with E-state index in [-0.39, 0.29) is 19.0 Å². The van der Waals surface area contributed by atoms with Crippen LogP contribution in [0.4, 0.5) is 0 Å². The topological polar surface area (TPSA) is 78.1 Å². The fraction of sp³-hybridized carbons (Fsp3) is 0.100. The van der Waals surface area contributed by atoms with Crippen molar-refractivity contribution in [2.45, 2.75) is 13.0 Å². The molecule has 0 aliphatic carbocycles. The van der Waals surface area contributed by atoms with Crippen molar-refractivity contribution in [3.8, 4) is 21.9 Å². The van der Waals surface area contributed by atoms with Gasteiger partial charge in [0.1, 0.15) is 17.3 Å². The fourth-order valence-electron chi connectivity index (χ4n) is 2.48. The first-order valence-electron chi connectivity index (χ1n) is 8.29. The van der Waals surface area contributed by atoms with Crippen LogP contribution in [0.3, 0.4) is 0 Å². The Morgan fingerprint density at radius 1 is 1.07 bits per heavy atom. The molecule has 0 bridgehead atoms. The van der Waals surface area contributed by atoms with Gasteiger partial charge in [0.2, 0.25) is 0 Å². The van der Waals surface area contributed by atoms with Crippen molar-refractivity contribution in [1.82, 2.24) is 15.1 Å². The van der Waals surface area contributed by atoms with Crippen LogP contribution in [0.5, 0.6) is 0 Å². The summed E-state index contributed by atoms with van der Waals surface area (Å²) in [4.78, 5) is 20.6. The predicted molar refractivity (Wildman–Crippen MR) is 101 cm³/mol. The molecule has 6 nitrogen and oxygen atoms in total. The molecule has 0 N–H and O–H groups in total. The van der Waals surface area contributed by atoms with Gasteiger partial charge in [-0.15, -0.1) is 11.3 Å². The van der Waals surface area contributed by atoms with E-state index in [1.165, 1.54) is 11.3 Å². The van der Waals surface area contributed by atoms with Crippen molar-refractivity contribution in [3.63, 3.8) is 0 Å². The third-order valence-electron chi connectivity index (χ3n) is 3.78. The summed E-state index contributed by atoms with van der Waals surface area (Å²) in [6.45, 7) is 0.0643. The number of carbonyl (C=O) groups excluding carboxylic acids is 1. The number of ether oxygens (including phenoxy) is 1. The van der Waals surface area contributed by atoms with Crippen molar-refractivity contribution >= 4 is 17.3 Å². The summed E-state index contributed by atoms with van der Waals surface area (Å²) in [7, 11) is 0. The van der Waals surface area contributed by atoms with Gasteiger partial charge in [0.05, 0.1) is 12.1 Å². The second kappa shape index (κ2) is 7.92. The van der Waals surface area contributed by atoms with Crippen LogP contribution >= 0.6 is 11.3 Å². The Bertz CT molecular complexity index is 1030. The van der Waals surface area contributed by atoms with Crippen LogP contribution in [-0.2, 0) is 22.6 Å². The van der Waals surface area contributed by atoms with Crippen LogP contribution in [-0.4, -0.2) is 21.1 Å². The van der Waals surface area contributed by atoms with Gasteiger partial charge in [0.25, 0.3) is 0 Å². The van der Waals surface area contributed by atoms with E-state index in [1.807, 2.05) is 47.8 Å². The van der Waals surface area contributed by atoms with Crippen LogP contribution in [0, 0.1) is 0 Å². The zero-order chi connectivity index (χ0) is 18.5. The van der Waals surface area contributed by atoms with Gasteiger partial charge in [-0.2, -0.15) is 0 Å². The SMILES string of the molecule is O=C(Cc1csc(-c2cccnc2)n1)OCc1cc(-c2ccccc2)on1. The van der Waals surface area contributed by atoms with E-state index in [0.29, 0.717) is 17.1 Å². The van der Waals surface area contributed by atoms with Crippen LogP contribution in [0.25, 0.3) is 21.9 Å². The summed E-state index contributed by atoms with van der Waals surface area (Å²) < 4.78 is 10.6. The minimum absolute atomic E-state index is 0.0643. The molecular formula is C20H15N3O3S. The molecule has 1 aromatic carbocycles. The van der Waals surface area contributed by atoms with Gasteiger partial charge in [0.15, 0.2) is 5.76 Å². The molecule has 0 saturated heterocycles. The van der Waals surface area contributed by atoms with Crippen LogP contribution in [0.2, 0.25) is 0 Å². The minimum atomic E-state index is -0.359. The number of rotatable bonds is 6. The van der Waals surface area contributed by atoms with E-state index in [9.17, 15) is 4.79 Å². The zero-order valence-electron chi connectivity index (χ0n) is 14.2. The highest BCUT2D eigenvalue weighted by Crippen LogP contribution is 2.23. The highest BCUT2D eigenvalue weighted by molar-refractivity contribution is 7.13. The van der Waals surface area contributed by atoms with Crippen molar-refractivity contribution in [2.24, 2.45) is 0 Å². The predicted octanol–water partition coefficient (Wildman–Crippen LogP) is 4.15.